The minimum atomic E-state index is -0.790. The average Bonchev–Trinajstić information content (AvgIpc) is 2.58. The lowest BCUT2D eigenvalue weighted by Crippen LogP contribution is -2.05. The molecule has 0 fully saturated rings. The number of fused-ring (bicyclic) bond motifs is 1. The Hall–Kier alpha value is -1.42. The third-order valence-corrected chi connectivity index (χ3v) is 2.23. The first-order chi connectivity index (χ1) is 6.77. The number of hydrogen-bond donors (Lipinski definition) is 1. The molecule has 0 spiro atoms. The Labute approximate surface area is 80.0 Å². The summed E-state index contributed by atoms with van der Waals surface area (Å²) in [5, 5.41) is 0.233. The second-order valence-corrected chi connectivity index (χ2v) is 3.14. The van der Waals surface area contributed by atoms with Crippen LogP contribution in [-0.4, -0.2) is 16.9 Å². The standard InChI is InChI=1S/C10H10F2N2/c11-14(12)6-5-8-7-13-10-4-2-1-3-9(8)10/h1-4,7,13H,5-6H2. The molecule has 0 aliphatic carbocycles. The summed E-state index contributed by atoms with van der Waals surface area (Å²) in [4.78, 5) is 3.05. The Morgan fingerprint density at radius 3 is 2.79 bits per heavy atom. The zero-order valence-corrected chi connectivity index (χ0v) is 7.50. The molecule has 1 heterocycles. The van der Waals surface area contributed by atoms with Crippen LogP contribution >= 0.6 is 0 Å². The number of aromatic amines is 1. The van der Waals surface area contributed by atoms with E-state index in [0.717, 1.165) is 16.5 Å². The van der Waals surface area contributed by atoms with Gasteiger partial charge in [-0.15, -0.1) is 8.96 Å². The SMILES string of the molecule is FN(F)CCc1c[nH]c2ccccc12. The first kappa shape index (κ1) is 9.15. The number of halogens is 2. The van der Waals surface area contributed by atoms with Gasteiger partial charge in [0.2, 0.25) is 0 Å². The number of hydrogen-bond acceptors (Lipinski definition) is 1. The molecule has 0 bridgehead atoms. The van der Waals surface area contributed by atoms with Gasteiger partial charge >= 0.3 is 0 Å². The predicted molar refractivity (Wildman–Crippen MR) is 50.9 cm³/mol. The number of aromatic nitrogens is 1. The number of H-pyrrole nitrogens is 1. The molecule has 1 aromatic carbocycles. The molecule has 14 heavy (non-hydrogen) atoms. The van der Waals surface area contributed by atoms with Crippen LogP contribution in [0.3, 0.4) is 0 Å². The first-order valence-electron chi connectivity index (χ1n) is 4.41. The molecule has 2 rings (SSSR count). The van der Waals surface area contributed by atoms with E-state index < -0.39 is 5.34 Å². The predicted octanol–water partition coefficient (Wildman–Crippen LogP) is 2.78. The van der Waals surface area contributed by atoms with Crippen LogP contribution < -0.4 is 0 Å². The Morgan fingerprint density at radius 2 is 2.00 bits per heavy atom. The van der Waals surface area contributed by atoms with Gasteiger partial charge in [-0.1, -0.05) is 18.2 Å². The fraction of sp³-hybridized carbons (Fsp3) is 0.200. The maximum atomic E-state index is 11.8. The van der Waals surface area contributed by atoms with Crippen molar-refractivity contribution in [2.45, 2.75) is 6.42 Å². The second kappa shape index (κ2) is 3.75. The summed E-state index contributed by atoms with van der Waals surface area (Å²) < 4.78 is 23.7. The van der Waals surface area contributed by atoms with Crippen molar-refractivity contribution in [1.29, 1.82) is 0 Å². The quantitative estimate of drug-likeness (QED) is 0.748. The van der Waals surface area contributed by atoms with E-state index in [1.807, 2.05) is 24.3 Å². The lowest BCUT2D eigenvalue weighted by atomic mass is 10.1. The summed E-state index contributed by atoms with van der Waals surface area (Å²) in [5.41, 5.74) is 1.92. The summed E-state index contributed by atoms with van der Waals surface area (Å²) in [7, 11) is 0. The summed E-state index contributed by atoms with van der Waals surface area (Å²) in [6, 6.07) is 7.69. The Morgan fingerprint density at radius 1 is 1.21 bits per heavy atom. The Balaban J connectivity index is 2.25. The molecule has 0 saturated heterocycles. The zero-order chi connectivity index (χ0) is 9.97. The van der Waals surface area contributed by atoms with E-state index in [1.165, 1.54) is 0 Å². The number of nitrogens with zero attached hydrogens (tertiary/aromatic N) is 1. The van der Waals surface area contributed by atoms with E-state index in [4.69, 9.17) is 0 Å². The molecule has 0 atom stereocenters. The molecule has 4 heteroatoms. The molecule has 74 valence electrons. The maximum Gasteiger partial charge on any atom is 0.0661 e. The molecule has 0 aliphatic heterocycles. The smallest absolute Gasteiger partial charge is 0.0661 e. The van der Waals surface area contributed by atoms with Crippen molar-refractivity contribution in [2.75, 3.05) is 6.54 Å². The van der Waals surface area contributed by atoms with E-state index in [0.29, 0.717) is 6.42 Å². The number of benzene rings is 1. The van der Waals surface area contributed by atoms with Gasteiger partial charge in [-0.2, -0.15) is 0 Å². The Kier molecular flexibility index (Phi) is 2.45. The summed E-state index contributed by atoms with van der Waals surface area (Å²) in [5.74, 6) is 0. The van der Waals surface area contributed by atoms with Crippen molar-refractivity contribution in [1.82, 2.24) is 10.3 Å². The molecule has 0 aliphatic rings. The monoisotopic (exact) mass is 196 g/mol. The van der Waals surface area contributed by atoms with Crippen LogP contribution in [0.15, 0.2) is 30.5 Å². The highest BCUT2D eigenvalue weighted by Gasteiger charge is 2.05. The minimum absolute atomic E-state index is 0.234. The van der Waals surface area contributed by atoms with Gasteiger partial charge in [0.1, 0.15) is 0 Å². The van der Waals surface area contributed by atoms with Gasteiger partial charge in [0.05, 0.1) is 6.54 Å². The van der Waals surface area contributed by atoms with Gasteiger partial charge < -0.3 is 4.98 Å². The summed E-state index contributed by atoms with van der Waals surface area (Å²) >= 11 is 0. The lowest BCUT2D eigenvalue weighted by Gasteiger charge is -1.99. The van der Waals surface area contributed by atoms with E-state index in [1.54, 1.807) is 6.20 Å². The van der Waals surface area contributed by atoms with Crippen molar-refractivity contribution in [3.05, 3.63) is 36.0 Å². The van der Waals surface area contributed by atoms with Gasteiger partial charge in [0.25, 0.3) is 0 Å². The largest absolute Gasteiger partial charge is 0.361 e. The average molecular weight is 196 g/mol. The number of nitrogens with one attached hydrogen (secondary N) is 1. The zero-order valence-electron chi connectivity index (χ0n) is 7.50. The maximum absolute atomic E-state index is 11.8. The third-order valence-electron chi connectivity index (χ3n) is 2.23. The van der Waals surface area contributed by atoms with E-state index in [-0.39, 0.29) is 6.54 Å². The van der Waals surface area contributed by atoms with Gasteiger partial charge in [-0.3, -0.25) is 0 Å². The van der Waals surface area contributed by atoms with Crippen LogP contribution in [0.2, 0.25) is 0 Å². The molecule has 1 aromatic heterocycles. The highest BCUT2D eigenvalue weighted by atomic mass is 19.4. The van der Waals surface area contributed by atoms with Crippen molar-refractivity contribution in [2.24, 2.45) is 0 Å². The van der Waals surface area contributed by atoms with Crippen LogP contribution in [-0.2, 0) is 6.42 Å². The molecule has 1 N–H and O–H groups in total. The van der Waals surface area contributed by atoms with Crippen LogP contribution in [0.4, 0.5) is 8.96 Å². The molecule has 2 nitrogen and oxygen atoms in total. The highest BCUT2D eigenvalue weighted by Crippen LogP contribution is 2.18. The van der Waals surface area contributed by atoms with Gasteiger partial charge in [0.15, 0.2) is 0 Å². The van der Waals surface area contributed by atoms with Gasteiger partial charge in [-0.05, 0) is 18.1 Å². The summed E-state index contributed by atoms with van der Waals surface area (Å²) in [6.07, 6.45) is 2.14. The molecule has 0 amide bonds. The summed E-state index contributed by atoms with van der Waals surface area (Å²) in [6.45, 7) is -0.234. The van der Waals surface area contributed by atoms with Crippen LogP contribution in [0.5, 0.6) is 0 Å². The molecule has 0 saturated carbocycles. The van der Waals surface area contributed by atoms with E-state index in [9.17, 15) is 8.96 Å². The fourth-order valence-corrected chi connectivity index (χ4v) is 1.54. The van der Waals surface area contributed by atoms with Crippen molar-refractivity contribution in [3.63, 3.8) is 0 Å². The topological polar surface area (TPSA) is 19.0 Å². The second-order valence-electron chi connectivity index (χ2n) is 3.14. The van der Waals surface area contributed by atoms with Crippen LogP contribution in [0.25, 0.3) is 10.9 Å². The van der Waals surface area contributed by atoms with Crippen LogP contribution in [0.1, 0.15) is 5.56 Å². The molecular formula is C10H10F2N2. The van der Waals surface area contributed by atoms with Crippen molar-refractivity contribution in [3.8, 4) is 0 Å². The number of para-hydroxylation sites is 1. The van der Waals surface area contributed by atoms with E-state index >= 15 is 0 Å². The fourth-order valence-electron chi connectivity index (χ4n) is 1.54. The van der Waals surface area contributed by atoms with Crippen LogP contribution in [0, 0.1) is 0 Å². The first-order valence-corrected chi connectivity index (χ1v) is 4.41. The minimum Gasteiger partial charge on any atom is -0.361 e. The van der Waals surface area contributed by atoms with E-state index in [2.05, 4.69) is 4.98 Å². The van der Waals surface area contributed by atoms with Crippen molar-refractivity contribution < 1.29 is 8.96 Å². The normalized spacial score (nSPS) is 11.4. The highest BCUT2D eigenvalue weighted by molar-refractivity contribution is 5.82. The molecule has 2 aromatic rings. The van der Waals surface area contributed by atoms with Gasteiger partial charge in [0, 0.05) is 22.4 Å². The third kappa shape index (κ3) is 1.75. The molecule has 0 unspecified atom stereocenters. The molecular weight excluding hydrogens is 186 g/mol. The van der Waals surface area contributed by atoms with Crippen molar-refractivity contribution >= 4 is 10.9 Å². The Bertz CT molecular complexity index is 423. The molecule has 0 radical (unpaired) electrons. The number of rotatable bonds is 3. The van der Waals surface area contributed by atoms with Gasteiger partial charge in [-0.25, -0.2) is 0 Å². The lowest BCUT2D eigenvalue weighted by molar-refractivity contribution is -0.151.